The van der Waals surface area contributed by atoms with E-state index in [1.165, 1.54) is 77.0 Å². The van der Waals surface area contributed by atoms with Crippen molar-refractivity contribution in [3.8, 4) is 0 Å². The van der Waals surface area contributed by atoms with Gasteiger partial charge in [0.25, 0.3) is 0 Å². The Bertz CT molecular complexity index is 431. The summed E-state index contributed by atoms with van der Waals surface area (Å²) in [7, 11) is -2.09. The molecule has 0 aliphatic carbocycles. The molecule has 0 heterocycles. The van der Waals surface area contributed by atoms with Gasteiger partial charge in [0.05, 0.1) is 0 Å². The standard InChI is InChI=1S/C26H60O3P3/c1-9-15-21-31(7,22-16-10-2,23-17-11-3)28-30(27)29-32(8,24-18-12-4,25-19-13-5)26-20-14-6/h9-26H2,1-8H3/q+1. The van der Waals surface area contributed by atoms with Crippen LogP contribution in [0.5, 0.6) is 0 Å². The molecule has 196 valence electrons. The van der Waals surface area contributed by atoms with E-state index < -0.39 is 21.9 Å². The van der Waals surface area contributed by atoms with Crippen LogP contribution in [-0.2, 0) is 13.2 Å². The summed E-state index contributed by atoms with van der Waals surface area (Å²) in [5.74, 6) is 0. The summed E-state index contributed by atoms with van der Waals surface area (Å²) >= 11 is 0. The van der Waals surface area contributed by atoms with Gasteiger partial charge in [-0.25, -0.2) is 0 Å². The Kier molecular flexibility index (Phi) is 16.2. The Labute approximate surface area is 203 Å². The van der Waals surface area contributed by atoms with Crippen LogP contribution in [0.1, 0.15) is 119 Å². The van der Waals surface area contributed by atoms with E-state index in [-0.39, 0.29) is 0 Å². The van der Waals surface area contributed by atoms with Crippen LogP contribution in [0.3, 0.4) is 0 Å². The van der Waals surface area contributed by atoms with Crippen molar-refractivity contribution in [1.29, 1.82) is 0 Å². The zero-order valence-corrected chi connectivity index (χ0v) is 26.0. The van der Waals surface area contributed by atoms with Crippen LogP contribution in [0.25, 0.3) is 0 Å². The van der Waals surface area contributed by atoms with Crippen LogP contribution >= 0.6 is 21.9 Å². The van der Waals surface area contributed by atoms with E-state index in [4.69, 9.17) is 8.62 Å². The topological polar surface area (TPSA) is 35.5 Å². The van der Waals surface area contributed by atoms with Gasteiger partial charge in [0, 0.05) is 0 Å². The minimum atomic E-state index is -2.53. The minimum absolute atomic E-state index is 1.10. The summed E-state index contributed by atoms with van der Waals surface area (Å²) in [6.07, 6.45) is 20.6. The molecule has 0 N–H and O–H groups in total. The van der Waals surface area contributed by atoms with Crippen LogP contribution in [-0.4, -0.2) is 50.3 Å². The zero-order valence-electron chi connectivity index (χ0n) is 23.3. The van der Waals surface area contributed by atoms with E-state index in [1.807, 2.05) is 0 Å². The number of hydrogen-bond acceptors (Lipinski definition) is 3. The molecule has 32 heavy (non-hydrogen) atoms. The third kappa shape index (κ3) is 11.5. The molecule has 0 spiro atoms. The summed E-state index contributed by atoms with van der Waals surface area (Å²) in [4.78, 5) is 0. The van der Waals surface area contributed by atoms with Crippen LogP contribution in [0.2, 0.25) is 0 Å². The quantitative estimate of drug-likeness (QED) is 0.135. The zero-order chi connectivity index (χ0) is 24.6. The van der Waals surface area contributed by atoms with E-state index in [9.17, 15) is 4.57 Å². The first-order valence-corrected chi connectivity index (χ1v) is 21.4. The van der Waals surface area contributed by atoms with E-state index in [2.05, 4.69) is 54.9 Å². The average molecular weight is 514 g/mol. The van der Waals surface area contributed by atoms with Crippen molar-refractivity contribution in [1.82, 2.24) is 0 Å². The van der Waals surface area contributed by atoms with E-state index in [0.29, 0.717) is 0 Å². The van der Waals surface area contributed by atoms with Crippen molar-refractivity contribution in [2.24, 2.45) is 0 Å². The molecular weight excluding hydrogens is 453 g/mol. The van der Waals surface area contributed by atoms with Gasteiger partial charge in [-0.05, 0) is 0 Å². The molecule has 0 aromatic heterocycles. The number of hydrogen-bond donors (Lipinski definition) is 0. The normalized spacial score (nSPS) is 15.7. The van der Waals surface area contributed by atoms with Crippen molar-refractivity contribution in [2.45, 2.75) is 119 Å². The Balaban J connectivity index is 6.01. The average Bonchev–Trinajstić information content (AvgIpc) is 2.77. The molecule has 6 heteroatoms. The first kappa shape index (κ1) is 32.9. The molecule has 0 aliphatic heterocycles. The summed E-state index contributed by atoms with van der Waals surface area (Å²) in [5.41, 5.74) is 0. The van der Waals surface area contributed by atoms with Crippen LogP contribution in [0.15, 0.2) is 0 Å². The molecule has 0 bridgehead atoms. The number of rotatable bonds is 22. The fourth-order valence-corrected chi connectivity index (χ4v) is 19.2. The van der Waals surface area contributed by atoms with Gasteiger partial charge in [-0.1, -0.05) is 0 Å². The second-order valence-electron chi connectivity index (χ2n) is 11.2. The maximum atomic E-state index is 13.8. The van der Waals surface area contributed by atoms with Gasteiger partial charge in [0.15, 0.2) is 0 Å². The molecule has 0 rings (SSSR count). The second kappa shape index (κ2) is 15.8. The van der Waals surface area contributed by atoms with E-state index in [0.717, 1.165) is 37.0 Å². The SMILES string of the molecule is CCCCP(C)(CCCC)(CCCC)O[P+](=O)OP(C)(CCCC)(CCCC)CCCC. The summed E-state index contributed by atoms with van der Waals surface area (Å²) in [6, 6.07) is 0. The van der Waals surface area contributed by atoms with Gasteiger partial charge in [0.1, 0.15) is 0 Å². The fourth-order valence-electron chi connectivity index (χ4n) is 4.97. The summed E-state index contributed by atoms with van der Waals surface area (Å²) < 4.78 is 27.5. The first-order chi connectivity index (χ1) is 15.1. The van der Waals surface area contributed by atoms with Crippen LogP contribution in [0, 0.1) is 0 Å². The predicted molar refractivity (Wildman–Crippen MR) is 154 cm³/mol. The molecule has 0 aromatic rings. The molecule has 0 saturated heterocycles. The van der Waals surface area contributed by atoms with E-state index in [1.54, 1.807) is 0 Å². The number of unbranched alkanes of at least 4 members (excludes halogenated alkanes) is 6. The van der Waals surface area contributed by atoms with Gasteiger partial charge in [-0.3, -0.25) is 0 Å². The van der Waals surface area contributed by atoms with Crippen molar-refractivity contribution in [2.75, 3.05) is 50.3 Å². The maximum absolute atomic E-state index is 13.8. The Morgan fingerprint density at radius 1 is 0.469 bits per heavy atom. The molecule has 0 amide bonds. The van der Waals surface area contributed by atoms with Crippen LogP contribution in [0.4, 0.5) is 0 Å². The van der Waals surface area contributed by atoms with Crippen molar-refractivity contribution in [3.63, 3.8) is 0 Å². The molecule has 0 aliphatic rings. The third-order valence-corrected chi connectivity index (χ3v) is 22.1. The summed E-state index contributed by atoms with van der Waals surface area (Å²) in [6.45, 7) is 13.3. The van der Waals surface area contributed by atoms with E-state index >= 15 is 0 Å². The summed E-state index contributed by atoms with van der Waals surface area (Å²) in [5, 5.41) is 0. The Hall–Kier alpha value is 0.880. The predicted octanol–water partition coefficient (Wildman–Crippen LogP) is 10.7. The molecule has 0 fully saturated rings. The molecule has 3 nitrogen and oxygen atoms in total. The van der Waals surface area contributed by atoms with Gasteiger partial charge >= 0.3 is 204 Å². The molecular formula is C26H60O3P3+. The second-order valence-corrected chi connectivity index (χ2v) is 24.4. The van der Waals surface area contributed by atoms with Gasteiger partial charge < -0.3 is 0 Å². The van der Waals surface area contributed by atoms with Crippen molar-refractivity contribution in [3.05, 3.63) is 0 Å². The molecule has 0 aromatic carbocycles. The molecule has 0 atom stereocenters. The van der Waals surface area contributed by atoms with Crippen LogP contribution < -0.4 is 0 Å². The van der Waals surface area contributed by atoms with Crippen molar-refractivity contribution < 1.29 is 13.2 Å². The first-order valence-electron chi connectivity index (χ1n) is 13.9. The monoisotopic (exact) mass is 513 g/mol. The molecule has 0 unspecified atom stereocenters. The van der Waals surface area contributed by atoms with Crippen molar-refractivity contribution >= 4 is 21.9 Å². The third-order valence-electron chi connectivity index (χ3n) is 7.50. The van der Waals surface area contributed by atoms with Gasteiger partial charge in [-0.15, -0.1) is 0 Å². The van der Waals surface area contributed by atoms with Gasteiger partial charge in [0.2, 0.25) is 0 Å². The Morgan fingerprint density at radius 2 is 0.656 bits per heavy atom. The van der Waals surface area contributed by atoms with Gasteiger partial charge in [-0.2, -0.15) is 0 Å². The Morgan fingerprint density at radius 3 is 0.812 bits per heavy atom. The fraction of sp³-hybridized carbons (Fsp3) is 1.00. The molecule has 0 radical (unpaired) electrons. The molecule has 0 saturated carbocycles.